The maximum Gasteiger partial charge on any atom is 0.261 e. The second-order valence-electron chi connectivity index (χ2n) is 4.62. The van der Waals surface area contributed by atoms with Gasteiger partial charge in [-0.25, -0.2) is 0 Å². The second-order valence-corrected chi connectivity index (χ2v) is 6.31. The van der Waals surface area contributed by atoms with Gasteiger partial charge in [-0.05, 0) is 23.6 Å². The Labute approximate surface area is 127 Å². The first-order valence-electron chi connectivity index (χ1n) is 5.90. The molecule has 1 aromatic heterocycles. The summed E-state index contributed by atoms with van der Waals surface area (Å²) in [5.74, 6) is -0.811. The van der Waals surface area contributed by atoms with Gasteiger partial charge < -0.3 is 10.4 Å². The van der Waals surface area contributed by atoms with Crippen LogP contribution in [0, 0.1) is 0 Å². The van der Waals surface area contributed by atoms with Crippen molar-refractivity contribution >= 4 is 44.6 Å². The Balaban J connectivity index is 1.96. The van der Waals surface area contributed by atoms with E-state index in [1.807, 2.05) is 0 Å². The average Bonchev–Trinajstić information content (AvgIpc) is 2.98. The zero-order valence-corrected chi connectivity index (χ0v) is 12.6. The van der Waals surface area contributed by atoms with Crippen molar-refractivity contribution in [2.45, 2.75) is 12.0 Å². The van der Waals surface area contributed by atoms with Crippen LogP contribution in [-0.2, 0) is 10.4 Å². The van der Waals surface area contributed by atoms with E-state index in [-0.39, 0.29) is 12.2 Å². The van der Waals surface area contributed by atoms with Gasteiger partial charge >= 0.3 is 0 Å². The van der Waals surface area contributed by atoms with Crippen LogP contribution >= 0.6 is 27.3 Å². The summed E-state index contributed by atoms with van der Waals surface area (Å²) in [5, 5.41) is 16.7. The molecule has 2 heterocycles. The van der Waals surface area contributed by atoms with Gasteiger partial charge in [0, 0.05) is 26.7 Å². The number of fused-ring (bicyclic) bond motifs is 1. The summed E-state index contributed by atoms with van der Waals surface area (Å²) < 4.78 is 0.796. The third kappa shape index (κ3) is 2.09. The topological polar surface area (TPSA) is 66.4 Å². The summed E-state index contributed by atoms with van der Waals surface area (Å²) in [6, 6.07) is 6.78. The zero-order chi connectivity index (χ0) is 14.3. The van der Waals surface area contributed by atoms with Crippen molar-refractivity contribution in [2.24, 2.45) is 0 Å². The van der Waals surface area contributed by atoms with E-state index in [0.717, 1.165) is 4.47 Å². The van der Waals surface area contributed by atoms with Crippen molar-refractivity contribution in [1.82, 2.24) is 0 Å². The fourth-order valence-electron chi connectivity index (χ4n) is 2.26. The number of halogens is 1. The van der Waals surface area contributed by atoms with Crippen LogP contribution in [0.15, 0.2) is 39.5 Å². The van der Waals surface area contributed by atoms with Crippen LogP contribution in [0.5, 0.6) is 0 Å². The largest absolute Gasteiger partial charge is 0.375 e. The number of aliphatic hydroxyl groups is 1. The smallest absolute Gasteiger partial charge is 0.261 e. The number of hydrogen-bond acceptors (Lipinski definition) is 4. The van der Waals surface area contributed by atoms with E-state index in [0.29, 0.717) is 16.8 Å². The number of thiophene rings is 1. The van der Waals surface area contributed by atoms with Gasteiger partial charge in [0.25, 0.3) is 5.91 Å². The van der Waals surface area contributed by atoms with Gasteiger partial charge in [-0.1, -0.05) is 22.0 Å². The first-order valence-corrected chi connectivity index (χ1v) is 7.63. The molecule has 3 rings (SSSR count). The van der Waals surface area contributed by atoms with Gasteiger partial charge in [0.15, 0.2) is 11.4 Å². The summed E-state index contributed by atoms with van der Waals surface area (Å²) in [5.41, 5.74) is -0.309. The quantitative estimate of drug-likeness (QED) is 0.835. The van der Waals surface area contributed by atoms with Crippen LogP contribution < -0.4 is 5.32 Å². The van der Waals surface area contributed by atoms with Gasteiger partial charge in [-0.2, -0.15) is 11.3 Å². The summed E-state index contributed by atoms with van der Waals surface area (Å²) >= 11 is 4.71. The maximum atomic E-state index is 12.1. The lowest BCUT2D eigenvalue weighted by Crippen LogP contribution is -2.36. The van der Waals surface area contributed by atoms with Gasteiger partial charge in [0.05, 0.1) is 6.42 Å². The van der Waals surface area contributed by atoms with Gasteiger partial charge in [0.1, 0.15) is 0 Å². The van der Waals surface area contributed by atoms with E-state index < -0.39 is 11.5 Å². The molecule has 0 saturated carbocycles. The van der Waals surface area contributed by atoms with Crippen molar-refractivity contribution in [2.75, 3.05) is 5.32 Å². The highest BCUT2D eigenvalue weighted by Crippen LogP contribution is 2.40. The number of anilines is 1. The lowest BCUT2D eigenvalue weighted by atomic mass is 9.88. The number of hydrogen-bond donors (Lipinski definition) is 2. The minimum Gasteiger partial charge on any atom is -0.375 e. The van der Waals surface area contributed by atoms with E-state index in [9.17, 15) is 14.7 Å². The van der Waals surface area contributed by atoms with Crippen LogP contribution in [0.3, 0.4) is 0 Å². The minimum absolute atomic E-state index is 0.250. The monoisotopic (exact) mass is 351 g/mol. The lowest BCUT2D eigenvalue weighted by molar-refractivity contribution is -0.133. The van der Waals surface area contributed by atoms with Crippen molar-refractivity contribution in [3.05, 3.63) is 50.6 Å². The molecule has 0 fully saturated rings. The summed E-state index contributed by atoms with van der Waals surface area (Å²) in [6.07, 6.45) is -0.260. The van der Waals surface area contributed by atoms with Crippen molar-refractivity contribution in [3.63, 3.8) is 0 Å². The molecule has 102 valence electrons. The highest BCUT2D eigenvalue weighted by Gasteiger charge is 2.46. The predicted molar refractivity (Wildman–Crippen MR) is 79.9 cm³/mol. The van der Waals surface area contributed by atoms with Gasteiger partial charge in [0.2, 0.25) is 0 Å². The molecule has 2 N–H and O–H groups in total. The number of ketones is 1. The highest BCUT2D eigenvalue weighted by molar-refractivity contribution is 9.10. The molecule has 4 nitrogen and oxygen atoms in total. The predicted octanol–water partition coefficient (Wildman–Crippen LogP) is 2.92. The molecule has 2 aromatic rings. The number of Topliss-reactive ketones (excluding diaryl/α,β-unsaturated/α-hetero) is 1. The number of carbonyl (C=O) groups is 2. The molecule has 20 heavy (non-hydrogen) atoms. The average molecular weight is 352 g/mol. The normalized spacial score (nSPS) is 20.6. The van der Waals surface area contributed by atoms with Crippen LogP contribution in [0.25, 0.3) is 0 Å². The third-order valence-electron chi connectivity index (χ3n) is 3.31. The van der Waals surface area contributed by atoms with Crippen LogP contribution in [-0.4, -0.2) is 16.8 Å². The molecular formula is C14H10BrNO3S. The fraction of sp³-hybridized carbons (Fsp3) is 0.143. The molecule has 0 radical (unpaired) electrons. The van der Waals surface area contributed by atoms with E-state index >= 15 is 0 Å². The molecular weight excluding hydrogens is 342 g/mol. The number of rotatable bonds is 3. The van der Waals surface area contributed by atoms with Gasteiger partial charge in [-0.3, -0.25) is 9.59 Å². The van der Waals surface area contributed by atoms with E-state index in [1.165, 1.54) is 11.3 Å². The van der Waals surface area contributed by atoms with E-state index in [1.54, 1.807) is 35.0 Å². The number of amides is 1. The molecule has 1 aromatic carbocycles. The summed E-state index contributed by atoms with van der Waals surface area (Å²) in [4.78, 5) is 24.2. The first-order chi connectivity index (χ1) is 9.50. The number of carbonyl (C=O) groups excluding carboxylic acids is 2. The summed E-state index contributed by atoms with van der Waals surface area (Å²) in [6.45, 7) is 0. The summed E-state index contributed by atoms with van der Waals surface area (Å²) in [7, 11) is 0. The molecule has 0 bridgehead atoms. The number of nitrogens with one attached hydrogen (secondary N) is 1. The highest BCUT2D eigenvalue weighted by atomic mass is 79.9. The SMILES string of the molecule is O=C(CC1(O)C(=O)Nc2cc(Br)ccc21)c1ccsc1. The van der Waals surface area contributed by atoms with E-state index in [4.69, 9.17) is 0 Å². The third-order valence-corrected chi connectivity index (χ3v) is 4.49. The molecule has 6 heteroatoms. The van der Waals surface area contributed by atoms with Crippen molar-refractivity contribution in [1.29, 1.82) is 0 Å². The maximum absolute atomic E-state index is 12.1. The standard InChI is InChI=1S/C14H10BrNO3S/c15-9-1-2-10-11(5-9)16-13(18)14(10,19)6-12(17)8-3-4-20-7-8/h1-5,7,19H,6H2,(H,16,18). The minimum atomic E-state index is -1.80. The van der Waals surface area contributed by atoms with Crippen LogP contribution in [0.4, 0.5) is 5.69 Å². The van der Waals surface area contributed by atoms with Crippen LogP contribution in [0.1, 0.15) is 22.3 Å². The molecule has 1 atom stereocenters. The van der Waals surface area contributed by atoms with Crippen molar-refractivity contribution in [3.8, 4) is 0 Å². The molecule has 1 aliphatic rings. The van der Waals surface area contributed by atoms with Crippen LogP contribution in [0.2, 0.25) is 0 Å². The van der Waals surface area contributed by atoms with Gasteiger partial charge in [-0.15, -0.1) is 0 Å². The molecule has 1 aliphatic heterocycles. The lowest BCUT2D eigenvalue weighted by Gasteiger charge is -2.19. The van der Waals surface area contributed by atoms with Crippen molar-refractivity contribution < 1.29 is 14.7 Å². The Hall–Kier alpha value is -1.50. The Morgan fingerprint density at radius 2 is 2.20 bits per heavy atom. The molecule has 0 saturated heterocycles. The second kappa shape index (κ2) is 4.80. The Morgan fingerprint density at radius 1 is 1.40 bits per heavy atom. The first kappa shape index (κ1) is 13.5. The Kier molecular flexibility index (Phi) is 3.24. The molecule has 1 amide bonds. The molecule has 1 unspecified atom stereocenters. The number of benzene rings is 1. The molecule has 0 spiro atoms. The van der Waals surface area contributed by atoms with E-state index in [2.05, 4.69) is 21.2 Å². The fourth-order valence-corrected chi connectivity index (χ4v) is 3.28. The molecule has 0 aliphatic carbocycles. The zero-order valence-electron chi connectivity index (χ0n) is 10.2. The Bertz CT molecular complexity index is 698. The Morgan fingerprint density at radius 3 is 2.90 bits per heavy atom.